The van der Waals surface area contributed by atoms with Gasteiger partial charge in [-0.3, -0.25) is 9.59 Å². The van der Waals surface area contributed by atoms with Crippen LogP contribution < -0.4 is 10.2 Å². The third-order valence-corrected chi connectivity index (χ3v) is 4.94. The molecule has 0 bridgehead atoms. The summed E-state index contributed by atoms with van der Waals surface area (Å²) in [6, 6.07) is 10.2. The Bertz CT molecular complexity index is 929. The Balaban J connectivity index is 1.64. The van der Waals surface area contributed by atoms with E-state index < -0.39 is 29.2 Å². The van der Waals surface area contributed by atoms with Gasteiger partial charge in [0, 0.05) is 41.9 Å². The third kappa shape index (κ3) is 5.13. The molecule has 2 aromatic rings. The van der Waals surface area contributed by atoms with Gasteiger partial charge in [-0.2, -0.15) is 13.2 Å². The summed E-state index contributed by atoms with van der Waals surface area (Å²) in [4.78, 5) is 27.9. The first-order chi connectivity index (χ1) is 13.6. The Hall–Kier alpha value is -2.45. The molecular weight excluding hydrogens is 430 g/mol. The van der Waals surface area contributed by atoms with Gasteiger partial charge in [0.2, 0.25) is 0 Å². The maximum absolute atomic E-state index is 13.1. The zero-order valence-electron chi connectivity index (χ0n) is 15.0. The van der Waals surface area contributed by atoms with Crippen LogP contribution in [0.25, 0.3) is 0 Å². The van der Waals surface area contributed by atoms with Gasteiger partial charge in [-0.25, -0.2) is 0 Å². The van der Waals surface area contributed by atoms with Crippen molar-refractivity contribution in [3.8, 4) is 0 Å². The van der Waals surface area contributed by atoms with Crippen molar-refractivity contribution < 1.29 is 22.8 Å². The van der Waals surface area contributed by atoms with Crippen LogP contribution >= 0.6 is 23.2 Å². The van der Waals surface area contributed by atoms with E-state index in [0.717, 1.165) is 11.8 Å². The predicted octanol–water partition coefficient (Wildman–Crippen LogP) is 4.30. The molecular formula is C19H16Cl2F3N3O2. The highest BCUT2D eigenvalue weighted by atomic mass is 35.5. The second kappa shape index (κ2) is 8.51. The van der Waals surface area contributed by atoms with Crippen LogP contribution in [0.4, 0.5) is 24.5 Å². The number of amides is 2. The van der Waals surface area contributed by atoms with E-state index in [0.29, 0.717) is 24.2 Å². The molecule has 2 aromatic carbocycles. The predicted molar refractivity (Wildman–Crippen MR) is 105 cm³/mol. The first-order valence-electron chi connectivity index (χ1n) is 8.62. The molecule has 1 N–H and O–H groups in total. The van der Waals surface area contributed by atoms with Crippen LogP contribution in [0.15, 0.2) is 42.5 Å². The molecule has 154 valence electrons. The highest BCUT2D eigenvalue weighted by Crippen LogP contribution is 2.36. The molecule has 0 saturated carbocycles. The molecule has 0 radical (unpaired) electrons. The molecule has 10 heteroatoms. The van der Waals surface area contributed by atoms with Crippen molar-refractivity contribution in [3.63, 3.8) is 0 Å². The molecule has 3 rings (SSSR count). The molecule has 2 amide bonds. The van der Waals surface area contributed by atoms with E-state index >= 15 is 0 Å². The van der Waals surface area contributed by atoms with Gasteiger partial charge in [0.25, 0.3) is 0 Å². The number of piperazine rings is 1. The molecule has 0 aliphatic carbocycles. The van der Waals surface area contributed by atoms with Crippen LogP contribution in [-0.2, 0) is 15.8 Å². The smallest absolute Gasteiger partial charge is 0.368 e. The van der Waals surface area contributed by atoms with Crippen molar-refractivity contribution in [2.45, 2.75) is 6.18 Å². The number of nitrogens with zero attached hydrogens (tertiary/aromatic N) is 2. The molecule has 1 aliphatic heterocycles. The number of halogens is 5. The Kier molecular flexibility index (Phi) is 6.24. The summed E-state index contributed by atoms with van der Waals surface area (Å²) in [5.74, 6) is -2.02. The quantitative estimate of drug-likeness (QED) is 0.701. The molecule has 1 saturated heterocycles. The van der Waals surface area contributed by atoms with Gasteiger partial charge in [0.05, 0.1) is 11.3 Å². The van der Waals surface area contributed by atoms with Gasteiger partial charge < -0.3 is 15.1 Å². The number of alkyl halides is 3. The second-order valence-electron chi connectivity index (χ2n) is 6.40. The number of hydrogen-bond acceptors (Lipinski definition) is 3. The molecule has 5 nitrogen and oxygen atoms in total. The van der Waals surface area contributed by atoms with Gasteiger partial charge in [0.1, 0.15) is 0 Å². The topological polar surface area (TPSA) is 52.7 Å². The second-order valence-corrected chi connectivity index (χ2v) is 7.27. The molecule has 0 aromatic heterocycles. The fraction of sp³-hybridized carbons (Fsp3) is 0.263. The van der Waals surface area contributed by atoms with E-state index in [2.05, 4.69) is 5.32 Å². The fourth-order valence-electron chi connectivity index (χ4n) is 3.02. The Labute approximate surface area is 175 Å². The number of carbonyl (C=O) groups excluding carboxylic acids is 2. The lowest BCUT2D eigenvalue weighted by Crippen LogP contribution is -2.51. The standard InChI is InChI=1S/C19H16Cl2F3N3O2/c20-12-2-1-3-14(10-12)26-6-8-27(9-7-26)18(29)17(28)25-16-5-4-13(21)11-15(16)19(22,23)24/h1-5,10-11H,6-9H2,(H,25,28). The lowest BCUT2D eigenvalue weighted by atomic mass is 10.1. The van der Waals surface area contributed by atoms with Gasteiger partial charge in [0.15, 0.2) is 0 Å². The molecule has 0 spiro atoms. The van der Waals surface area contributed by atoms with Crippen LogP contribution in [-0.4, -0.2) is 42.9 Å². The minimum atomic E-state index is -4.72. The average Bonchev–Trinajstić information content (AvgIpc) is 2.68. The number of nitrogens with one attached hydrogen (secondary N) is 1. The van der Waals surface area contributed by atoms with E-state index in [9.17, 15) is 22.8 Å². The molecule has 29 heavy (non-hydrogen) atoms. The van der Waals surface area contributed by atoms with Crippen molar-refractivity contribution in [3.05, 3.63) is 58.1 Å². The minimum Gasteiger partial charge on any atom is -0.368 e. The zero-order valence-corrected chi connectivity index (χ0v) is 16.5. The molecule has 1 aliphatic rings. The van der Waals surface area contributed by atoms with Crippen LogP contribution in [0.5, 0.6) is 0 Å². The largest absolute Gasteiger partial charge is 0.418 e. The third-order valence-electron chi connectivity index (χ3n) is 4.47. The van der Waals surface area contributed by atoms with Crippen molar-refractivity contribution >= 4 is 46.4 Å². The first kappa shape index (κ1) is 21.3. The Morgan fingerprint density at radius 1 is 0.931 bits per heavy atom. The maximum Gasteiger partial charge on any atom is 0.418 e. The monoisotopic (exact) mass is 445 g/mol. The molecule has 0 atom stereocenters. The highest BCUT2D eigenvalue weighted by molar-refractivity contribution is 6.39. The van der Waals surface area contributed by atoms with Crippen LogP contribution in [0.2, 0.25) is 10.0 Å². The summed E-state index contributed by atoms with van der Waals surface area (Å²) < 4.78 is 39.4. The summed E-state index contributed by atoms with van der Waals surface area (Å²) in [5.41, 5.74) is -0.736. The number of hydrogen-bond donors (Lipinski definition) is 1. The lowest BCUT2D eigenvalue weighted by Gasteiger charge is -2.35. The normalized spacial score (nSPS) is 14.7. The van der Waals surface area contributed by atoms with Gasteiger partial charge in [-0.15, -0.1) is 0 Å². The minimum absolute atomic E-state index is 0.126. The van der Waals surface area contributed by atoms with Gasteiger partial charge in [-0.1, -0.05) is 29.3 Å². The lowest BCUT2D eigenvalue weighted by molar-refractivity contribution is -0.143. The summed E-state index contributed by atoms with van der Waals surface area (Å²) in [6.07, 6.45) is -4.72. The number of benzene rings is 2. The van der Waals surface area contributed by atoms with Gasteiger partial charge in [-0.05, 0) is 36.4 Å². The highest BCUT2D eigenvalue weighted by Gasteiger charge is 2.35. The number of anilines is 2. The van der Waals surface area contributed by atoms with E-state index in [-0.39, 0.29) is 18.1 Å². The summed E-state index contributed by atoms with van der Waals surface area (Å²) in [6.45, 7) is 1.44. The van der Waals surface area contributed by atoms with Crippen LogP contribution in [0.1, 0.15) is 5.56 Å². The maximum atomic E-state index is 13.1. The average molecular weight is 446 g/mol. The van der Waals surface area contributed by atoms with Crippen LogP contribution in [0.3, 0.4) is 0 Å². The van der Waals surface area contributed by atoms with Crippen LogP contribution in [0, 0.1) is 0 Å². The van der Waals surface area contributed by atoms with E-state index in [1.54, 1.807) is 12.1 Å². The first-order valence-corrected chi connectivity index (χ1v) is 9.38. The van der Waals surface area contributed by atoms with E-state index in [4.69, 9.17) is 23.2 Å². The van der Waals surface area contributed by atoms with E-state index in [1.165, 1.54) is 11.0 Å². The van der Waals surface area contributed by atoms with Crippen molar-refractivity contribution in [2.75, 3.05) is 36.4 Å². The number of rotatable bonds is 2. The van der Waals surface area contributed by atoms with E-state index in [1.807, 2.05) is 17.0 Å². The molecule has 0 unspecified atom stereocenters. The fourth-order valence-corrected chi connectivity index (χ4v) is 3.38. The van der Waals surface area contributed by atoms with Crippen molar-refractivity contribution in [1.82, 2.24) is 4.90 Å². The molecule has 1 fully saturated rings. The molecule has 1 heterocycles. The summed E-state index contributed by atoms with van der Waals surface area (Å²) in [5, 5.41) is 2.51. The summed E-state index contributed by atoms with van der Waals surface area (Å²) in [7, 11) is 0. The van der Waals surface area contributed by atoms with Crippen molar-refractivity contribution in [1.29, 1.82) is 0 Å². The zero-order chi connectivity index (χ0) is 21.2. The summed E-state index contributed by atoms with van der Waals surface area (Å²) >= 11 is 11.6. The Morgan fingerprint density at radius 2 is 1.59 bits per heavy atom. The van der Waals surface area contributed by atoms with Gasteiger partial charge >= 0.3 is 18.0 Å². The van der Waals surface area contributed by atoms with Crippen molar-refractivity contribution in [2.24, 2.45) is 0 Å². The number of carbonyl (C=O) groups is 2. The Morgan fingerprint density at radius 3 is 2.21 bits per heavy atom. The SMILES string of the molecule is O=C(Nc1ccc(Cl)cc1C(F)(F)F)C(=O)N1CCN(c2cccc(Cl)c2)CC1.